The van der Waals surface area contributed by atoms with Gasteiger partial charge in [-0.3, -0.25) is 0 Å². The van der Waals surface area contributed by atoms with E-state index in [-0.39, 0.29) is 0 Å². The van der Waals surface area contributed by atoms with E-state index in [1.54, 1.807) is 0 Å². The van der Waals surface area contributed by atoms with E-state index in [9.17, 15) is 13.2 Å². The standard InChI is InChI=1S/C26H20ClF3N2/c1-15-23(19-7-3-5-9-21(19)31-15)25(27,17-11-13-18(14-12-17)26(28,29)30)24-16(2)32-22-10-6-4-8-20(22)24/h3-14,31-32H,1-2H3. The van der Waals surface area contributed by atoms with Crippen LogP contribution in [0.15, 0.2) is 72.8 Å². The molecule has 32 heavy (non-hydrogen) atoms. The molecule has 0 saturated heterocycles. The molecule has 0 amide bonds. The molecule has 5 aromatic rings. The third kappa shape index (κ3) is 3.03. The Morgan fingerprint density at radius 2 is 1.03 bits per heavy atom. The van der Waals surface area contributed by atoms with Crippen molar-refractivity contribution in [1.29, 1.82) is 0 Å². The van der Waals surface area contributed by atoms with Crippen molar-refractivity contribution in [3.05, 3.63) is 106 Å². The maximum atomic E-state index is 13.3. The highest BCUT2D eigenvalue weighted by molar-refractivity contribution is 6.30. The summed E-state index contributed by atoms with van der Waals surface area (Å²) in [6.07, 6.45) is -4.42. The summed E-state index contributed by atoms with van der Waals surface area (Å²) in [5, 5.41) is 1.87. The summed E-state index contributed by atoms with van der Waals surface area (Å²) in [6.45, 7) is 3.89. The predicted molar refractivity (Wildman–Crippen MR) is 123 cm³/mol. The van der Waals surface area contributed by atoms with Crippen molar-refractivity contribution in [1.82, 2.24) is 9.97 Å². The van der Waals surface area contributed by atoms with Gasteiger partial charge in [0.1, 0.15) is 4.87 Å². The van der Waals surface area contributed by atoms with Gasteiger partial charge >= 0.3 is 6.18 Å². The zero-order chi connectivity index (χ0) is 22.7. The molecule has 5 rings (SSSR count). The van der Waals surface area contributed by atoms with Gasteiger partial charge in [-0.05, 0) is 43.7 Å². The second kappa shape index (κ2) is 7.17. The van der Waals surface area contributed by atoms with E-state index in [0.717, 1.165) is 56.5 Å². The molecule has 0 unspecified atom stereocenters. The van der Waals surface area contributed by atoms with Gasteiger partial charge in [0.2, 0.25) is 0 Å². The zero-order valence-corrected chi connectivity index (χ0v) is 18.2. The Hall–Kier alpha value is -3.18. The predicted octanol–water partition coefficient (Wildman–Crippen LogP) is 7.82. The summed E-state index contributed by atoms with van der Waals surface area (Å²) in [6, 6.07) is 20.8. The number of hydrogen-bond donors (Lipinski definition) is 2. The van der Waals surface area contributed by atoms with Crippen LogP contribution in [0.1, 0.15) is 33.6 Å². The van der Waals surface area contributed by atoms with Gasteiger partial charge in [0.15, 0.2) is 0 Å². The van der Waals surface area contributed by atoms with E-state index in [1.165, 1.54) is 12.1 Å². The number of benzene rings is 3. The van der Waals surface area contributed by atoms with Crippen LogP contribution in [0.25, 0.3) is 21.8 Å². The topological polar surface area (TPSA) is 31.6 Å². The average molecular weight is 453 g/mol. The highest BCUT2D eigenvalue weighted by Gasteiger charge is 2.41. The van der Waals surface area contributed by atoms with Crippen LogP contribution < -0.4 is 0 Å². The largest absolute Gasteiger partial charge is 0.416 e. The number of halogens is 4. The van der Waals surface area contributed by atoms with E-state index >= 15 is 0 Å². The van der Waals surface area contributed by atoms with Gasteiger partial charge in [-0.15, -0.1) is 11.6 Å². The van der Waals surface area contributed by atoms with Crippen LogP contribution in [-0.2, 0) is 11.1 Å². The van der Waals surface area contributed by atoms with Crippen LogP contribution in [0, 0.1) is 13.8 Å². The normalized spacial score (nSPS) is 12.7. The maximum absolute atomic E-state index is 13.3. The first-order chi connectivity index (χ1) is 15.2. The maximum Gasteiger partial charge on any atom is 0.416 e. The molecule has 2 heterocycles. The van der Waals surface area contributed by atoms with Crippen molar-refractivity contribution < 1.29 is 13.2 Å². The Balaban J connectivity index is 1.88. The van der Waals surface area contributed by atoms with Crippen LogP contribution in [0.2, 0.25) is 0 Å². The monoisotopic (exact) mass is 452 g/mol. The quantitative estimate of drug-likeness (QED) is 0.261. The number of fused-ring (bicyclic) bond motifs is 2. The number of hydrogen-bond acceptors (Lipinski definition) is 0. The molecule has 0 fully saturated rings. The van der Waals surface area contributed by atoms with Gasteiger partial charge in [-0.25, -0.2) is 0 Å². The molecule has 0 aliphatic rings. The van der Waals surface area contributed by atoms with Crippen LogP contribution in [0.5, 0.6) is 0 Å². The summed E-state index contributed by atoms with van der Waals surface area (Å²) in [7, 11) is 0. The third-order valence-electron chi connectivity index (χ3n) is 6.09. The fourth-order valence-electron chi connectivity index (χ4n) is 4.74. The van der Waals surface area contributed by atoms with Gasteiger partial charge < -0.3 is 9.97 Å². The van der Waals surface area contributed by atoms with Gasteiger partial charge in [-0.2, -0.15) is 13.2 Å². The van der Waals surface area contributed by atoms with Gasteiger partial charge in [0.05, 0.1) is 5.56 Å². The molecule has 0 aliphatic carbocycles. The first-order valence-electron chi connectivity index (χ1n) is 10.2. The van der Waals surface area contributed by atoms with E-state index < -0.39 is 16.6 Å². The number of aryl methyl sites for hydroxylation is 2. The van der Waals surface area contributed by atoms with Crippen molar-refractivity contribution in [2.75, 3.05) is 0 Å². The second-order valence-corrected chi connectivity index (χ2v) is 8.64. The first kappa shape index (κ1) is 20.7. The molecule has 2 N–H and O–H groups in total. The molecule has 0 saturated carbocycles. The molecule has 3 aromatic carbocycles. The van der Waals surface area contributed by atoms with Gasteiger partial charge in [0, 0.05) is 44.3 Å². The molecule has 162 valence electrons. The van der Waals surface area contributed by atoms with Crippen molar-refractivity contribution in [3.8, 4) is 0 Å². The molecule has 0 atom stereocenters. The Morgan fingerprint density at radius 1 is 0.625 bits per heavy atom. The summed E-state index contributed by atoms with van der Waals surface area (Å²) in [5.41, 5.74) is 5.13. The number of alkyl halides is 4. The molecule has 0 spiro atoms. The Kier molecular flexibility index (Phi) is 4.64. The number of H-pyrrole nitrogens is 2. The SMILES string of the molecule is Cc1[nH]c2ccccc2c1C(Cl)(c1ccc(C(F)(F)F)cc1)c1c(C)[nH]c2ccccc12. The van der Waals surface area contributed by atoms with E-state index in [1.807, 2.05) is 62.4 Å². The lowest BCUT2D eigenvalue weighted by Crippen LogP contribution is -2.24. The molecule has 0 bridgehead atoms. The summed E-state index contributed by atoms with van der Waals surface area (Å²) in [4.78, 5) is 5.58. The third-order valence-corrected chi connectivity index (χ3v) is 6.68. The number of rotatable bonds is 3. The van der Waals surface area contributed by atoms with E-state index in [2.05, 4.69) is 9.97 Å². The number of aromatic amines is 2. The van der Waals surface area contributed by atoms with Crippen LogP contribution in [0.4, 0.5) is 13.2 Å². The molecule has 2 nitrogen and oxygen atoms in total. The van der Waals surface area contributed by atoms with Crippen LogP contribution in [0.3, 0.4) is 0 Å². The minimum absolute atomic E-state index is 0.577. The van der Waals surface area contributed by atoms with Gasteiger partial charge in [-0.1, -0.05) is 48.5 Å². The second-order valence-electron chi connectivity index (χ2n) is 8.07. The van der Waals surface area contributed by atoms with Crippen molar-refractivity contribution in [2.45, 2.75) is 24.9 Å². The lowest BCUT2D eigenvalue weighted by molar-refractivity contribution is -0.137. The minimum atomic E-state index is -4.42. The van der Waals surface area contributed by atoms with Crippen LogP contribution in [-0.4, -0.2) is 9.97 Å². The molecule has 0 aliphatic heterocycles. The highest BCUT2D eigenvalue weighted by atomic mass is 35.5. The van der Waals surface area contributed by atoms with Crippen molar-refractivity contribution in [2.24, 2.45) is 0 Å². The molecular formula is C26H20ClF3N2. The summed E-state index contributed by atoms with van der Waals surface area (Å²) in [5.74, 6) is 0. The lowest BCUT2D eigenvalue weighted by Gasteiger charge is -2.30. The lowest BCUT2D eigenvalue weighted by atomic mass is 9.81. The number of aromatic nitrogens is 2. The number of nitrogens with one attached hydrogen (secondary N) is 2. The number of para-hydroxylation sites is 2. The first-order valence-corrected chi connectivity index (χ1v) is 10.6. The van der Waals surface area contributed by atoms with Crippen LogP contribution >= 0.6 is 11.6 Å². The molecular weight excluding hydrogens is 433 g/mol. The smallest absolute Gasteiger partial charge is 0.358 e. The summed E-state index contributed by atoms with van der Waals surface area (Å²) >= 11 is 7.61. The van der Waals surface area contributed by atoms with Crippen molar-refractivity contribution >= 4 is 33.4 Å². The summed E-state index contributed by atoms with van der Waals surface area (Å²) < 4.78 is 39.8. The Bertz CT molecular complexity index is 1360. The molecule has 0 radical (unpaired) electrons. The van der Waals surface area contributed by atoms with E-state index in [0.29, 0.717) is 5.56 Å². The fraction of sp³-hybridized carbons (Fsp3) is 0.154. The highest BCUT2D eigenvalue weighted by Crippen LogP contribution is 2.50. The molecule has 2 aromatic heterocycles. The van der Waals surface area contributed by atoms with Crippen molar-refractivity contribution in [3.63, 3.8) is 0 Å². The average Bonchev–Trinajstić information content (AvgIpc) is 3.28. The fourth-order valence-corrected chi connectivity index (χ4v) is 5.36. The minimum Gasteiger partial charge on any atom is -0.358 e. The Labute approximate surface area is 188 Å². The van der Waals surface area contributed by atoms with E-state index in [4.69, 9.17) is 11.6 Å². The zero-order valence-electron chi connectivity index (χ0n) is 17.4. The van der Waals surface area contributed by atoms with Gasteiger partial charge in [0.25, 0.3) is 0 Å². The Morgan fingerprint density at radius 3 is 1.47 bits per heavy atom. The molecule has 6 heteroatoms.